The lowest BCUT2D eigenvalue weighted by atomic mass is 10.1. The van der Waals surface area contributed by atoms with Crippen molar-refractivity contribution in [1.29, 1.82) is 0 Å². The van der Waals surface area contributed by atoms with Gasteiger partial charge in [-0.3, -0.25) is 9.48 Å². The normalized spacial score (nSPS) is 17.7. The van der Waals surface area contributed by atoms with Crippen LogP contribution in [0.3, 0.4) is 0 Å². The van der Waals surface area contributed by atoms with Gasteiger partial charge in [0.05, 0.1) is 0 Å². The largest absolute Gasteiger partial charge is 0.423 e. The highest BCUT2D eigenvalue weighted by atomic mass is 35.5. The van der Waals surface area contributed by atoms with Gasteiger partial charge in [0.2, 0.25) is 0 Å². The number of oxazole rings is 1. The number of aromatic nitrogens is 3. The fourth-order valence-electron chi connectivity index (χ4n) is 3.22. The number of hydrogen-bond donors (Lipinski definition) is 1. The van der Waals surface area contributed by atoms with E-state index in [1.54, 1.807) is 22.9 Å². The molecule has 26 heavy (non-hydrogen) atoms. The van der Waals surface area contributed by atoms with Crippen molar-refractivity contribution >= 4 is 34.6 Å². The lowest BCUT2D eigenvalue weighted by Gasteiger charge is -2.31. The number of piperidine rings is 1. The quantitative estimate of drug-likeness (QED) is 0.763. The van der Waals surface area contributed by atoms with E-state index in [-0.39, 0.29) is 11.9 Å². The van der Waals surface area contributed by atoms with Crippen LogP contribution in [0.1, 0.15) is 29.0 Å². The Labute approximate surface area is 155 Å². The maximum absolute atomic E-state index is 12.4. The summed E-state index contributed by atoms with van der Waals surface area (Å²) < 4.78 is 7.55. The first-order valence-electron chi connectivity index (χ1n) is 8.62. The summed E-state index contributed by atoms with van der Waals surface area (Å²) in [7, 11) is 1.83. The number of fused-ring (bicyclic) bond motifs is 1. The van der Waals surface area contributed by atoms with Gasteiger partial charge in [-0.25, -0.2) is 0 Å². The van der Waals surface area contributed by atoms with Crippen molar-refractivity contribution in [3.05, 3.63) is 40.7 Å². The number of carbonyl (C=O) groups excluding carboxylic acids is 1. The lowest BCUT2D eigenvalue weighted by Crippen LogP contribution is -2.48. The molecule has 7 nitrogen and oxygen atoms in total. The van der Waals surface area contributed by atoms with E-state index in [4.69, 9.17) is 16.0 Å². The molecule has 1 unspecified atom stereocenters. The molecule has 1 N–H and O–H groups in total. The van der Waals surface area contributed by atoms with Crippen LogP contribution in [0.2, 0.25) is 5.02 Å². The molecule has 1 atom stereocenters. The zero-order valence-electron chi connectivity index (χ0n) is 14.7. The van der Waals surface area contributed by atoms with Crippen molar-refractivity contribution in [3.63, 3.8) is 0 Å². The van der Waals surface area contributed by atoms with E-state index >= 15 is 0 Å². The van der Waals surface area contributed by atoms with Crippen molar-refractivity contribution in [2.24, 2.45) is 7.05 Å². The molecule has 1 saturated heterocycles. The highest BCUT2D eigenvalue weighted by Crippen LogP contribution is 2.26. The van der Waals surface area contributed by atoms with Crippen LogP contribution in [0.5, 0.6) is 0 Å². The second kappa shape index (κ2) is 6.64. The molecule has 3 heterocycles. The average molecular weight is 374 g/mol. The molecular formula is C18H20ClN5O2. The summed E-state index contributed by atoms with van der Waals surface area (Å²) >= 11 is 6.01. The summed E-state index contributed by atoms with van der Waals surface area (Å²) in [5, 5.41) is 7.93. The standard InChI is InChI=1S/C18H20ClN5O2/c1-11-8-15(22-23(11)2)17(25)20-13-4-3-7-24(10-13)18-21-14-6-5-12(19)9-16(14)26-18/h5-6,8-9,13H,3-4,7,10H2,1-2H3,(H,20,25). The van der Waals surface area contributed by atoms with Crippen molar-refractivity contribution < 1.29 is 9.21 Å². The Kier molecular flexibility index (Phi) is 4.32. The summed E-state index contributed by atoms with van der Waals surface area (Å²) in [5.74, 6) is -0.148. The zero-order valence-corrected chi connectivity index (χ0v) is 15.5. The van der Waals surface area contributed by atoms with Crippen LogP contribution in [-0.2, 0) is 7.05 Å². The van der Waals surface area contributed by atoms with E-state index in [0.717, 1.165) is 30.6 Å². The predicted octanol–water partition coefficient (Wildman–Crippen LogP) is 2.92. The Morgan fingerprint density at radius 3 is 3.00 bits per heavy atom. The van der Waals surface area contributed by atoms with Gasteiger partial charge in [0.1, 0.15) is 11.2 Å². The SMILES string of the molecule is Cc1cc(C(=O)NC2CCCN(c3nc4ccc(Cl)cc4o3)C2)nn1C. The third kappa shape index (κ3) is 3.26. The highest BCUT2D eigenvalue weighted by Gasteiger charge is 2.25. The smallest absolute Gasteiger partial charge is 0.298 e. The van der Waals surface area contributed by atoms with E-state index in [9.17, 15) is 4.79 Å². The monoisotopic (exact) mass is 373 g/mol. The molecule has 0 aliphatic carbocycles. The molecule has 3 aromatic rings. The number of benzene rings is 1. The lowest BCUT2D eigenvalue weighted by molar-refractivity contribution is 0.0927. The minimum absolute atomic E-state index is 0.0252. The van der Waals surface area contributed by atoms with E-state index < -0.39 is 0 Å². The summed E-state index contributed by atoms with van der Waals surface area (Å²) in [4.78, 5) is 19.0. The van der Waals surface area contributed by atoms with E-state index in [2.05, 4.69) is 20.3 Å². The Hall–Kier alpha value is -2.54. The van der Waals surface area contributed by atoms with Gasteiger partial charge < -0.3 is 14.6 Å². The maximum Gasteiger partial charge on any atom is 0.298 e. The first-order valence-corrected chi connectivity index (χ1v) is 9.00. The molecule has 2 aromatic heterocycles. The minimum atomic E-state index is -0.148. The van der Waals surface area contributed by atoms with Gasteiger partial charge >= 0.3 is 0 Å². The Balaban J connectivity index is 1.47. The minimum Gasteiger partial charge on any atom is -0.423 e. The third-order valence-corrected chi connectivity index (χ3v) is 4.95. The Morgan fingerprint density at radius 2 is 2.23 bits per heavy atom. The van der Waals surface area contributed by atoms with Gasteiger partial charge in [-0.15, -0.1) is 0 Å². The van der Waals surface area contributed by atoms with Gasteiger partial charge in [0.25, 0.3) is 11.9 Å². The molecule has 0 bridgehead atoms. The summed E-state index contributed by atoms with van der Waals surface area (Å²) in [6.45, 7) is 3.42. The molecule has 136 valence electrons. The zero-order chi connectivity index (χ0) is 18.3. The first kappa shape index (κ1) is 16.9. The third-order valence-electron chi connectivity index (χ3n) is 4.71. The van der Waals surface area contributed by atoms with Crippen LogP contribution >= 0.6 is 11.6 Å². The van der Waals surface area contributed by atoms with Gasteiger partial charge in [-0.1, -0.05) is 11.6 Å². The Bertz CT molecular complexity index is 944. The average Bonchev–Trinajstić information content (AvgIpc) is 3.18. The number of nitrogens with zero attached hydrogens (tertiary/aromatic N) is 4. The molecule has 0 spiro atoms. The maximum atomic E-state index is 12.4. The summed E-state index contributed by atoms with van der Waals surface area (Å²) in [5.41, 5.74) is 2.84. The van der Waals surface area contributed by atoms with Crippen LogP contribution in [0.4, 0.5) is 6.01 Å². The van der Waals surface area contributed by atoms with Crippen molar-refractivity contribution in [1.82, 2.24) is 20.1 Å². The van der Waals surface area contributed by atoms with E-state index in [1.165, 1.54) is 0 Å². The van der Waals surface area contributed by atoms with Gasteiger partial charge in [0, 0.05) is 43.0 Å². The fourth-order valence-corrected chi connectivity index (χ4v) is 3.38. The van der Waals surface area contributed by atoms with Crippen LogP contribution < -0.4 is 10.2 Å². The van der Waals surface area contributed by atoms with Gasteiger partial charge in [0.15, 0.2) is 5.58 Å². The second-order valence-corrected chi connectivity index (χ2v) is 7.10. The summed E-state index contributed by atoms with van der Waals surface area (Å²) in [6, 6.07) is 7.79. The number of hydrogen-bond acceptors (Lipinski definition) is 5. The summed E-state index contributed by atoms with van der Waals surface area (Å²) in [6.07, 6.45) is 1.87. The first-order chi connectivity index (χ1) is 12.5. The molecule has 1 aliphatic rings. The van der Waals surface area contributed by atoms with Crippen LogP contribution in [0.25, 0.3) is 11.1 Å². The molecule has 8 heteroatoms. The van der Waals surface area contributed by atoms with E-state index in [0.29, 0.717) is 28.9 Å². The molecule has 1 aliphatic heterocycles. The number of rotatable bonds is 3. The van der Waals surface area contributed by atoms with Crippen LogP contribution in [-0.4, -0.2) is 39.8 Å². The topological polar surface area (TPSA) is 76.2 Å². The molecule has 0 radical (unpaired) electrons. The van der Waals surface area contributed by atoms with Gasteiger partial charge in [-0.2, -0.15) is 10.1 Å². The van der Waals surface area contributed by atoms with Crippen LogP contribution in [0.15, 0.2) is 28.7 Å². The molecule has 1 aromatic carbocycles. The highest BCUT2D eigenvalue weighted by molar-refractivity contribution is 6.31. The molecule has 0 saturated carbocycles. The second-order valence-electron chi connectivity index (χ2n) is 6.66. The molecule has 1 fully saturated rings. The van der Waals surface area contributed by atoms with Crippen LogP contribution in [0, 0.1) is 6.92 Å². The molecule has 1 amide bonds. The predicted molar refractivity (Wildman–Crippen MR) is 99.7 cm³/mol. The number of amides is 1. The van der Waals surface area contributed by atoms with Gasteiger partial charge in [-0.05, 0) is 38.0 Å². The fraction of sp³-hybridized carbons (Fsp3) is 0.389. The molecule has 4 rings (SSSR count). The number of aryl methyl sites for hydroxylation is 2. The number of halogens is 1. The molecular weight excluding hydrogens is 354 g/mol. The van der Waals surface area contributed by atoms with Crippen molar-refractivity contribution in [2.45, 2.75) is 25.8 Å². The number of carbonyl (C=O) groups is 1. The number of anilines is 1. The number of nitrogens with one attached hydrogen (secondary N) is 1. The van der Waals surface area contributed by atoms with E-state index in [1.807, 2.05) is 20.0 Å². The van der Waals surface area contributed by atoms with Crippen molar-refractivity contribution in [3.8, 4) is 0 Å². The Morgan fingerprint density at radius 1 is 1.38 bits per heavy atom. The van der Waals surface area contributed by atoms with Crippen molar-refractivity contribution in [2.75, 3.05) is 18.0 Å².